The quantitative estimate of drug-likeness (QED) is 0.463. The summed E-state index contributed by atoms with van der Waals surface area (Å²) < 4.78 is 5.19. The molecule has 166 valence electrons. The number of carboxylic acids is 1. The maximum absolute atomic E-state index is 12.7. The van der Waals surface area contributed by atoms with Gasteiger partial charge in [-0.25, -0.2) is 4.79 Å². The second kappa shape index (κ2) is 8.12. The monoisotopic (exact) mass is 442 g/mol. The van der Waals surface area contributed by atoms with E-state index in [1.165, 1.54) is 0 Å². The van der Waals surface area contributed by atoms with Crippen LogP contribution in [0.1, 0.15) is 45.5 Å². The molecule has 1 amide bonds. The molecule has 1 fully saturated rings. The van der Waals surface area contributed by atoms with Crippen molar-refractivity contribution in [2.24, 2.45) is 5.92 Å². The fourth-order valence-electron chi connectivity index (χ4n) is 4.33. The summed E-state index contributed by atoms with van der Waals surface area (Å²) >= 11 is 0. The van der Waals surface area contributed by atoms with Gasteiger partial charge in [-0.2, -0.15) is 4.98 Å². The molecule has 0 spiro atoms. The highest BCUT2D eigenvalue weighted by Gasteiger charge is 2.47. The summed E-state index contributed by atoms with van der Waals surface area (Å²) in [6, 6.07) is 11.1. The van der Waals surface area contributed by atoms with Crippen molar-refractivity contribution in [2.45, 2.75) is 32.7 Å². The lowest BCUT2D eigenvalue weighted by Crippen LogP contribution is -2.25. The van der Waals surface area contributed by atoms with Gasteiger partial charge in [-0.1, -0.05) is 29.4 Å². The second-order valence-corrected chi connectivity index (χ2v) is 8.32. The molecular weight excluding hydrogens is 420 g/mol. The molecule has 8 heteroatoms. The van der Waals surface area contributed by atoms with Gasteiger partial charge in [-0.05, 0) is 60.0 Å². The molecule has 5 rings (SSSR count). The molecule has 0 aliphatic heterocycles. The van der Waals surface area contributed by atoms with Crippen LogP contribution in [0.15, 0.2) is 53.3 Å². The number of aryl methyl sites for hydroxylation is 1. The number of amides is 1. The number of nitrogens with zero attached hydrogens (tertiary/aromatic N) is 3. The number of aromatic carboxylic acids is 1. The molecular formula is C25H22N4O4. The average Bonchev–Trinajstić information content (AvgIpc) is 3.50. The van der Waals surface area contributed by atoms with Crippen molar-refractivity contribution < 1.29 is 19.2 Å². The fraction of sp³-hybridized carbons (Fsp3) is 0.240. The van der Waals surface area contributed by atoms with Crippen LogP contribution in [0.5, 0.6) is 0 Å². The molecule has 2 aromatic carbocycles. The van der Waals surface area contributed by atoms with E-state index in [0.717, 1.165) is 27.5 Å². The summed E-state index contributed by atoms with van der Waals surface area (Å²) in [5.41, 5.74) is 3.71. The minimum atomic E-state index is -0.950. The van der Waals surface area contributed by atoms with E-state index in [4.69, 9.17) is 4.52 Å². The number of nitrogens with one attached hydrogen (secondary N) is 1. The Morgan fingerprint density at radius 3 is 2.73 bits per heavy atom. The van der Waals surface area contributed by atoms with Crippen molar-refractivity contribution in [3.05, 3.63) is 77.2 Å². The van der Waals surface area contributed by atoms with Crippen LogP contribution in [-0.2, 0) is 11.3 Å². The molecule has 2 heterocycles. The van der Waals surface area contributed by atoms with Gasteiger partial charge in [0, 0.05) is 24.3 Å². The molecule has 1 aliphatic carbocycles. The van der Waals surface area contributed by atoms with Gasteiger partial charge in [0.1, 0.15) is 0 Å². The number of aromatic nitrogens is 3. The summed E-state index contributed by atoms with van der Waals surface area (Å²) in [6.45, 7) is 3.94. The Bertz CT molecular complexity index is 1390. The van der Waals surface area contributed by atoms with Gasteiger partial charge >= 0.3 is 5.97 Å². The largest absolute Gasteiger partial charge is 0.478 e. The first-order chi connectivity index (χ1) is 15.9. The minimum Gasteiger partial charge on any atom is -0.478 e. The lowest BCUT2D eigenvalue weighted by molar-refractivity contribution is -0.122. The molecule has 8 nitrogen and oxygen atoms in total. The normalized spacial score (nSPS) is 17.2. The Morgan fingerprint density at radius 1 is 1.12 bits per heavy atom. The van der Waals surface area contributed by atoms with Crippen LogP contribution in [0.25, 0.3) is 21.9 Å². The van der Waals surface area contributed by atoms with Crippen LogP contribution in [0, 0.1) is 19.8 Å². The Morgan fingerprint density at radius 2 is 1.97 bits per heavy atom. The van der Waals surface area contributed by atoms with Gasteiger partial charge in [-0.3, -0.25) is 9.78 Å². The van der Waals surface area contributed by atoms with Crippen LogP contribution < -0.4 is 5.32 Å². The SMILES string of the molecule is Cc1noc(C2CC2C(=O)NCc2ccc(-c3cccc(C(=O)O)c3C)c3ccncc23)n1. The van der Waals surface area contributed by atoms with Gasteiger partial charge < -0.3 is 14.9 Å². The lowest BCUT2D eigenvalue weighted by Gasteiger charge is -2.14. The summed E-state index contributed by atoms with van der Waals surface area (Å²) in [5, 5.41) is 18.2. The van der Waals surface area contributed by atoms with Crippen LogP contribution in [0.4, 0.5) is 0 Å². The number of carbonyl (C=O) groups is 2. The van der Waals surface area contributed by atoms with Gasteiger partial charge in [0.15, 0.2) is 5.82 Å². The number of rotatable bonds is 6. The molecule has 0 bridgehead atoms. The first-order valence-electron chi connectivity index (χ1n) is 10.7. The van der Waals surface area contributed by atoms with Crippen molar-refractivity contribution in [3.63, 3.8) is 0 Å². The third kappa shape index (κ3) is 3.84. The zero-order valence-corrected chi connectivity index (χ0v) is 18.2. The molecule has 0 saturated heterocycles. The van der Waals surface area contributed by atoms with Gasteiger partial charge in [0.2, 0.25) is 11.8 Å². The summed E-state index contributed by atoms with van der Waals surface area (Å²) in [4.78, 5) is 32.7. The zero-order chi connectivity index (χ0) is 23.1. The highest BCUT2D eigenvalue weighted by atomic mass is 16.5. The van der Waals surface area contributed by atoms with Gasteiger partial charge in [0.25, 0.3) is 0 Å². The molecule has 0 radical (unpaired) electrons. The number of carboxylic acid groups (broad SMARTS) is 1. The molecule has 2 atom stereocenters. The van der Waals surface area contributed by atoms with Crippen LogP contribution in [0.2, 0.25) is 0 Å². The lowest BCUT2D eigenvalue weighted by atomic mass is 9.91. The van der Waals surface area contributed by atoms with E-state index in [1.54, 1.807) is 31.5 Å². The smallest absolute Gasteiger partial charge is 0.335 e. The predicted octanol–water partition coefficient (Wildman–Crippen LogP) is 4.02. The second-order valence-electron chi connectivity index (χ2n) is 8.32. The first-order valence-corrected chi connectivity index (χ1v) is 10.7. The molecule has 2 N–H and O–H groups in total. The highest BCUT2D eigenvalue weighted by Crippen LogP contribution is 2.46. The Balaban J connectivity index is 1.40. The van der Waals surface area contributed by atoms with E-state index in [-0.39, 0.29) is 23.3 Å². The van der Waals surface area contributed by atoms with E-state index < -0.39 is 5.97 Å². The summed E-state index contributed by atoms with van der Waals surface area (Å²) in [7, 11) is 0. The maximum atomic E-state index is 12.7. The standard InChI is InChI=1S/C25H22N4O4/c1-13-16(4-3-5-17(13)25(31)32)18-7-6-15(22-12-26-9-8-19(18)22)11-27-23(30)20-10-21(20)24-28-14(2)29-33-24/h3-9,12,20-21H,10-11H2,1-2H3,(H,27,30)(H,31,32). The maximum Gasteiger partial charge on any atom is 0.335 e. The Kier molecular flexibility index (Phi) is 5.12. The number of benzene rings is 2. The van der Waals surface area contributed by atoms with E-state index in [0.29, 0.717) is 30.2 Å². The van der Waals surface area contributed by atoms with Crippen molar-refractivity contribution >= 4 is 22.6 Å². The van der Waals surface area contributed by atoms with Crippen molar-refractivity contribution in [2.75, 3.05) is 0 Å². The third-order valence-corrected chi connectivity index (χ3v) is 6.20. The average molecular weight is 442 g/mol. The van der Waals surface area contributed by atoms with Crippen molar-refractivity contribution in [3.8, 4) is 11.1 Å². The number of pyridine rings is 1. The molecule has 1 aliphatic rings. The van der Waals surface area contributed by atoms with Gasteiger partial charge in [-0.15, -0.1) is 0 Å². The first kappa shape index (κ1) is 20.8. The number of hydrogen-bond acceptors (Lipinski definition) is 6. The summed E-state index contributed by atoms with van der Waals surface area (Å²) in [5.74, 6) is -0.0769. The Hall–Kier alpha value is -4.07. The number of hydrogen-bond donors (Lipinski definition) is 2. The minimum absolute atomic E-state index is 0.0172. The van der Waals surface area contributed by atoms with Crippen LogP contribution >= 0.6 is 0 Å². The molecule has 2 unspecified atom stereocenters. The third-order valence-electron chi connectivity index (χ3n) is 6.20. The number of fused-ring (bicyclic) bond motifs is 1. The molecule has 33 heavy (non-hydrogen) atoms. The number of carbonyl (C=O) groups excluding carboxylic acids is 1. The molecule has 2 aromatic heterocycles. The van der Waals surface area contributed by atoms with Gasteiger partial charge in [0.05, 0.1) is 17.4 Å². The van der Waals surface area contributed by atoms with Crippen LogP contribution in [0.3, 0.4) is 0 Å². The highest BCUT2D eigenvalue weighted by molar-refractivity contribution is 6.01. The van der Waals surface area contributed by atoms with Crippen LogP contribution in [-0.4, -0.2) is 32.1 Å². The molecule has 1 saturated carbocycles. The van der Waals surface area contributed by atoms with Crippen molar-refractivity contribution in [1.82, 2.24) is 20.4 Å². The van der Waals surface area contributed by atoms with E-state index in [2.05, 4.69) is 20.4 Å². The van der Waals surface area contributed by atoms with Crippen molar-refractivity contribution in [1.29, 1.82) is 0 Å². The zero-order valence-electron chi connectivity index (χ0n) is 18.2. The van der Waals surface area contributed by atoms with E-state index in [1.807, 2.05) is 31.2 Å². The Labute approximate surface area is 189 Å². The van der Waals surface area contributed by atoms with E-state index in [9.17, 15) is 14.7 Å². The predicted molar refractivity (Wildman–Crippen MR) is 121 cm³/mol. The topological polar surface area (TPSA) is 118 Å². The molecule has 4 aromatic rings. The fourth-order valence-corrected chi connectivity index (χ4v) is 4.33. The summed E-state index contributed by atoms with van der Waals surface area (Å²) in [6.07, 6.45) is 4.19. The van der Waals surface area contributed by atoms with E-state index >= 15 is 0 Å².